The van der Waals surface area contributed by atoms with Crippen LogP contribution in [0.2, 0.25) is 0 Å². The van der Waals surface area contributed by atoms with Crippen LogP contribution >= 0.6 is 10.7 Å². The average Bonchev–Trinajstić information content (AvgIpc) is 2.66. The fourth-order valence-corrected chi connectivity index (χ4v) is 1.42. The topological polar surface area (TPSA) is 64.8 Å². The molecule has 0 saturated heterocycles. The van der Waals surface area contributed by atoms with Crippen molar-refractivity contribution in [2.24, 2.45) is 0 Å². The van der Waals surface area contributed by atoms with Crippen LogP contribution in [0.25, 0.3) is 0 Å². The van der Waals surface area contributed by atoms with E-state index < -0.39 is 9.05 Å². The first-order valence-corrected chi connectivity index (χ1v) is 5.75. The van der Waals surface area contributed by atoms with Crippen molar-refractivity contribution in [3.8, 4) is 0 Å². The molecule has 0 atom stereocenters. The highest BCUT2D eigenvalue weighted by Crippen LogP contribution is 2.33. The lowest BCUT2D eigenvalue weighted by Gasteiger charge is -1.90. The van der Waals surface area contributed by atoms with Gasteiger partial charge in [0.1, 0.15) is 0 Å². The molecule has 0 spiro atoms. The quantitative estimate of drug-likeness (QED) is 0.664. The van der Waals surface area contributed by atoms with Gasteiger partial charge in [0.25, 0.3) is 9.05 Å². The van der Waals surface area contributed by atoms with Crippen LogP contribution in [0.3, 0.4) is 0 Å². The normalized spacial score (nSPS) is 18.1. The van der Waals surface area contributed by atoms with Gasteiger partial charge in [0.15, 0.2) is 0 Å². The highest BCUT2D eigenvalue weighted by atomic mass is 35.7. The lowest BCUT2D eigenvalue weighted by atomic mass is 10.8. The molecule has 2 rings (SSSR count). The third kappa shape index (κ3) is 1.44. The minimum Gasteiger partial charge on any atom is -0.205 e. The SMILES string of the molecule is O=S(=O)(Cl)c1cnn(C2CC2)n1. The molecule has 1 fully saturated rings. The Morgan fingerprint density at radius 1 is 1.58 bits per heavy atom. The summed E-state index contributed by atoms with van der Waals surface area (Å²) in [5.74, 6) is 0. The molecule has 0 radical (unpaired) electrons. The Balaban J connectivity index is 2.35. The third-order valence-electron chi connectivity index (χ3n) is 1.61. The van der Waals surface area contributed by atoms with Crippen LogP contribution in [0.1, 0.15) is 18.9 Å². The highest BCUT2D eigenvalue weighted by molar-refractivity contribution is 8.13. The van der Waals surface area contributed by atoms with Gasteiger partial charge in [-0.2, -0.15) is 9.90 Å². The van der Waals surface area contributed by atoms with Crippen molar-refractivity contribution in [1.29, 1.82) is 0 Å². The molecule has 0 aliphatic heterocycles. The van der Waals surface area contributed by atoms with Crippen LogP contribution in [0.5, 0.6) is 0 Å². The van der Waals surface area contributed by atoms with E-state index in [4.69, 9.17) is 10.7 Å². The number of hydrogen-bond donors (Lipinski definition) is 0. The predicted octanol–water partition coefficient (Wildman–Crippen LogP) is 0.540. The Morgan fingerprint density at radius 2 is 2.25 bits per heavy atom. The average molecular weight is 208 g/mol. The van der Waals surface area contributed by atoms with Gasteiger partial charge in [0.05, 0.1) is 12.2 Å². The monoisotopic (exact) mass is 207 g/mol. The molecule has 1 heterocycles. The summed E-state index contributed by atoms with van der Waals surface area (Å²) in [6.45, 7) is 0. The summed E-state index contributed by atoms with van der Waals surface area (Å²) in [4.78, 5) is 1.40. The summed E-state index contributed by atoms with van der Waals surface area (Å²) in [5, 5.41) is 7.35. The van der Waals surface area contributed by atoms with Gasteiger partial charge in [0, 0.05) is 10.7 Å². The van der Waals surface area contributed by atoms with E-state index in [1.165, 1.54) is 11.0 Å². The maximum atomic E-state index is 10.7. The molecule has 0 bridgehead atoms. The maximum Gasteiger partial charge on any atom is 0.282 e. The Morgan fingerprint density at radius 3 is 2.67 bits per heavy atom. The minimum atomic E-state index is -3.71. The molecule has 7 heteroatoms. The van der Waals surface area contributed by atoms with E-state index in [2.05, 4.69) is 10.2 Å². The number of hydrogen-bond acceptors (Lipinski definition) is 4. The predicted molar refractivity (Wildman–Crippen MR) is 41.3 cm³/mol. The van der Waals surface area contributed by atoms with Crippen molar-refractivity contribution in [1.82, 2.24) is 15.0 Å². The molecule has 5 nitrogen and oxygen atoms in total. The Labute approximate surface area is 73.7 Å². The minimum absolute atomic E-state index is 0.170. The first-order chi connectivity index (χ1) is 5.57. The number of rotatable bonds is 2. The van der Waals surface area contributed by atoms with Gasteiger partial charge in [-0.1, -0.05) is 0 Å². The standard InChI is InChI=1S/C5H6ClN3O2S/c6-12(10,11)5-3-7-9(8-5)4-1-2-4/h3-4H,1-2H2. The zero-order valence-electron chi connectivity index (χ0n) is 6.01. The van der Waals surface area contributed by atoms with Gasteiger partial charge >= 0.3 is 0 Å². The van der Waals surface area contributed by atoms with Gasteiger partial charge in [-0.15, -0.1) is 5.10 Å². The molecule has 1 saturated carbocycles. The van der Waals surface area contributed by atoms with Crippen molar-refractivity contribution in [3.63, 3.8) is 0 Å². The van der Waals surface area contributed by atoms with Crippen LogP contribution in [0.15, 0.2) is 11.2 Å². The van der Waals surface area contributed by atoms with Gasteiger partial charge < -0.3 is 0 Å². The maximum absolute atomic E-state index is 10.7. The summed E-state index contributed by atoms with van der Waals surface area (Å²) in [6, 6.07) is 0.275. The number of aromatic nitrogens is 3. The molecular weight excluding hydrogens is 202 g/mol. The lowest BCUT2D eigenvalue weighted by Crippen LogP contribution is -1.99. The van der Waals surface area contributed by atoms with E-state index in [-0.39, 0.29) is 11.1 Å². The molecule has 1 aliphatic rings. The van der Waals surface area contributed by atoms with Crippen molar-refractivity contribution in [2.45, 2.75) is 23.9 Å². The van der Waals surface area contributed by atoms with Crippen LogP contribution in [-0.4, -0.2) is 23.4 Å². The van der Waals surface area contributed by atoms with Crippen LogP contribution in [-0.2, 0) is 9.05 Å². The molecule has 0 unspecified atom stereocenters. The molecule has 0 aromatic carbocycles. The van der Waals surface area contributed by atoms with E-state index in [0.717, 1.165) is 12.8 Å². The summed E-state index contributed by atoms with van der Waals surface area (Å²) in [5.41, 5.74) is 0. The largest absolute Gasteiger partial charge is 0.282 e. The Hall–Kier alpha value is -0.620. The molecule has 12 heavy (non-hydrogen) atoms. The second kappa shape index (κ2) is 2.43. The smallest absolute Gasteiger partial charge is 0.205 e. The first kappa shape index (κ1) is 8.00. The fourth-order valence-electron chi connectivity index (χ4n) is 0.854. The summed E-state index contributed by atoms with van der Waals surface area (Å²) >= 11 is 0. The molecule has 1 aromatic rings. The number of nitrogens with zero attached hydrogens (tertiary/aromatic N) is 3. The van der Waals surface area contributed by atoms with Gasteiger partial charge in [0.2, 0.25) is 5.03 Å². The molecule has 66 valence electrons. The van der Waals surface area contributed by atoms with Gasteiger partial charge in [-0.25, -0.2) is 8.42 Å². The summed E-state index contributed by atoms with van der Waals surface area (Å²) in [6.07, 6.45) is 3.19. The van der Waals surface area contributed by atoms with Crippen LogP contribution in [0, 0.1) is 0 Å². The van der Waals surface area contributed by atoms with E-state index in [9.17, 15) is 8.42 Å². The van der Waals surface area contributed by atoms with Crippen LogP contribution in [0.4, 0.5) is 0 Å². The molecule has 1 aromatic heterocycles. The highest BCUT2D eigenvalue weighted by Gasteiger charge is 2.27. The van der Waals surface area contributed by atoms with Crippen molar-refractivity contribution >= 4 is 19.7 Å². The van der Waals surface area contributed by atoms with Crippen molar-refractivity contribution in [3.05, 3.63) is 6.20 Å². The zero-order valence-corrected chi connectivity index (χ0v) is 7.59. The molecule has 1 aliphatic carbocycles. The summed E-state index contributed by atoms with van der Waals surface area (Å²) < 4.78 is 21.5. The molecular formula is C5H6ClN3O2S. The first-order valence-electron chi connectivity index (χ1n) is 3.44. The van der Waals surface area contributed by atoms with Gasteiger partial charge in [-0.3, -0.25) is 0 Å². The molecule has 0 amide bonds. The van der Waals surface area contributed by atoms with Crippen molar-refractivity contribution in [2.75, 3.05) is 0 Å². The zero-order chi connectivity index (χ0) is 8.77. The van der Waals surface area contributed by atoms with E-state index in [1.54, 1.807) is 0 Å². The third-order valence-corrected chi connectivity index (χ3v) is 2.77. The van der Waals surface area contributed by atoms with E-state index in [0.29, 0.717) is 0 Å². The summed E-state index contributed by atoms with van der Waals surface area (Å²) in [7, 11) is 1.34. The number of halogens is 1. The molecule has 0 N–H and O–H groups in total. The second-order valence-corrected chi connectivity index (χ2v) is 5.19. The van der Waals surface area contributed by atoms with Gasteiger partial charge in [-0.05, 0) is 12.8 Å². The van der Waals surface area contributed by atoms with E-state index in [1.807, 2.05) is 0 Å². The lowest BCUT2D eigenvalue weighted by molar-refractivity contribution is 0.539. The Bertz CT molecular complexity index is 395. The van der Waals surface area contributed by atoms with E-state index >= 15 is 0 Å². The second-order valence-electron chi connectivity index (χ2n) is 2.67. The fraction of sp³-hybridized carbons (Fsp3) is 0.600. The van der Waals surface area contributed by atoms with Crippen LogP contribution < -0.4 is 0 Å². The van der Waals surface area contributed by atoms with Crippen molar-refractivity contribution < 1.29 is 8.42 Å². The Kier molecular flexibility index (Phi) is 1.62.